The summed E-state index contributed by atoms with van der Waals surface area (Å²) < 4.78 is 11.3. The van der Waals surface area contributed by atoms with Gasteiger partial charge in [-0.1, -0.05) is 84.4 Å². The van der Waals surface area contributed by atoms with Crippen LogP contribution in [-0.4, -0.2) is 59.3 Å². The normalized spacial score (nSPS) is 26.7. The summed E-state index contributed by atoms with van der Waals surface area (Å²) in [5.74, 6) is -1.15. The Balaban J connectivity index is 1.78. The number of hydrogen-bond donors (Lipinski definition) is 2. The van der Waals surface area contributed by atoms with Crippen molar-refractivity contribution in [1.82, 2.24) is 15.2 Å². The minimum Gasteiger partial charge on any atom is -0.481 e. The van der Waals surface area contributed by atoms with Crippen LogP contribution in [0.4, 0.5) is 0 Å². The highest BCUT2D eigenvalue weighted by molar-refractivity contribution is 5.87. The zero-order chi connectivity index (χ0) is 30.8. The number of carbonyl (C=O) groups excluding carboxylic acids is 1. The summed E-state index contributed by atoms with van der Waals surface area (Å²) in [4.78, 5) is 34.0. The Kier molecular flexibility index (Phi) is 9.68. The highest BCUT2D eigenvalue weighted by Gasteiger charge is 2.58. The van der Waals surface area contributed by atoms with Crippen LogP contribution in [0.3, 0.4) is 0 Å². The van der Waals surface area contributed by atoms with Crippen LogP contribution in [0.25, 0.3) is 0 Å². The molecule has 1 saturated carbocycles. The largest absolute Gasteiger partial charge is 0.481 e. The summed E-state index contributed by atoms with van der Waals surface area (Å²) in [7, 11) is 3.31. The monoisotopic (exact) mass is 579 g/mol. The van der Waals surface area contributed by atoms with Crippen LogP contribution in [-0.2, 0) is 26.3 Å². The number of likely N-dealkylation sites (tertiary alicyclic amines) is 1. The molecule has 2 N–H and O–H groups in total. The maximum absolute atomic E-state index is 14.4. The molecule has 2 aliphatic rings. The molecular formula is C34H49N3O5. The van der Waals surface area contributed by atoms with Crippen LogP contribution in [0.15, 0.2) is 42.5 Å². The lowest BCUT2D eigenvalue weighted by molar-refractivity contribution is -0.155. The maximum atomic E-state index is 14.4. The number of carbonyl (C=O) groups is 2. The number of amides is 1. The smallest absolute Gasteiger partial charge is 0.326 e. The van der Waals surface area contributed by atoms with E-state index < -0.39 is 23.5 Å². The quantitative estimate of drug-likeness (QED) is 0.411. The van der Waals surface area contributed by atoms with E-state index in [1.54, 1.807) is 19.1 Å². The molecule has 0 unspecified atom stereocenters. The second kappa shape index (κ2) is 12.7. The van der Waals surface area contributed by atoms with Crippen molar-refractivity contribution in [3.05, 3.63) is 59.3 Å². The van der Waals surface area contributed by atoms with Gasteiger partial charge in [0.25, 0.3) is 0 Å². The number of ether oxygens (including phenoxy) is 2. The third-order valence-electron chi connectivity index (χ3n) is 9.05. The molecule has 8 heteroatoms. The fraction of sp³-hybridized carbons (Fsp3) is 0.618. The van der Waals surface area contributed by atoms with Crippen LogP contribution in [0.2, 0.25) is 0 Å². The Morgan fingerprint density at radius 3 is 2.29 bits per heavy atom. The zero-order valence-electron chi connectivity index (χ0n) is 26.5. The molecule has 1 aromatic carbocycles. The maximum Gasteiger partial charge on any atom is 0.326 e. The van der Waals surface area contributed by atoms with Gasteiger partial charge in [-0.25, -0.2) is 9.78 Å². The molecule has 1 saturated heterocycles. The van der Waals surface area contributed by atoms with Gasteiger partial charge in [0.2, 0.25) is 11.8 Å². The molecule has 0 bridgehead atoms. The van der Waals surface area contributed by atoms with E-state index in [2.05, 4.69) is 46.9 Å². The van der Waals surface area contributed by atoms with E-state index in [1.165, 1.54) is 0 Å². The van der Waals surface area contributed by atoms with Crippen molar-refractivity contribution in [2.24, 2.45) is 17.3 Å². The Morgan fingerprint density at radius 1 is 1.02 bits per heavy atom. The second-order valence-electron chi connectivity index (χ2n) is 14.0. The predicted molar refractivity (Wildman–Crippen MR) is 163 cm³/mol. The molecule has 2 aromatic rings. The van der Waals surface area contributed by atoms with Gasteiger partial charge in [-0.3, -0.25) is 4.79 Å². The topological polar surface area (TPSA) is 101 Å². The molecule has 0 spiro atoms. The average Bonchev–Trinajstić information content (AvgIpc) is 3.31. The summed E-state index contributed by atoms with van der Waals surface area (Å²) in [6, 6.07) is 12.1. The molecule has 2 heterocycles. The Hall–Kier alpha value is -2.97. The van der Waals surface area contributed by atoms with Crippen molar-refractivity contribution >= 4 is 11.9 Å². The molecule has 8 nitrogen and oxygen atoms in total. The number of nitrogens with zero attached hydrogens (tertiary/aromatic N) is 2. The summed E-state index contributed by atoms with van der Waals surface area (Å²) in [6.45, 7) is 13.0. The third kappa shape index (κ3) is 6.65. The van der Waals surface area contributed by atoms with Crippen molar-refractivity contribution in [1.29, 1.82) is 0 Å². The van der Waals surface area contributed by atoms with Crippen molar-refractivity contribution in [2.45, 2.75) is 103 Å². The van der Waals surface area contributed by atoms with Crippen LogP contribution in [0.1, 0.15) is 90.1 Å². The van der Waals surface area contributed by atoms with Gasteiger partial charge in [-0.15, -0.1) is 0 Å². The molecule has 0 radical (unpaired) electrons. The summed E-state index contributed by atoms with van der Waals surface area (Å²) >= 11 is 0. The van der Waals surface area contributed by atoms with Gasteiger partial charge in [-0.05, 0) is 36.3 Å². The van der Waals surface area contributed by atoms with Gasteiger partial charge < -0.3 is 24.8 Å². The molecular weight excluding hydrogens is 530 g/mol. The first-order chi connectivity index (χ1) is 19.8. The number of nitrogens with one attached hydrogen (secondary N) is 1. The molecule has 2 fully saturated rings. The lowest BCUT2D eigenvalue weighted by Gasteiger charge is -2.36. The number of aliphatic carboxylic acids is 1. The Morgan fingerprint density at radius 2 is 1.71 bits per heavy atom. The summed E-state index contributed by atoms with van der Waals surface area (Å²) in [5.41, 5.74) is 2.20. The lowest BCUT2D eigenvalue weighted by Crippen LogP contribution is -2.49. The molecule has 230 valence electrons. The zero-order valence-corrected chi connectivity index (χ0v) is 26.5. The number of rotatable bonds is 8. The van der Waals surface area contributed by atoms with Crippen molar-refractivity contribution in [3.8, 4) is 5.88 Å². The Labute approximate surface area is 251 Å². The number of aromatic nitrogens is 1. The number of carboxylic acids is 1. The van der Waals surface area contributed by atoms with Crippen LogP contribution < -0.4 is 10.1 Å². The van der Waals surface area contributed by atoms with E-state index in [0.717, 1.165) is 36.1 Å². The number of pyridine rings is 1. The van der Waals surface area contributed by atoms with Gasteiger partial charge in [0.1, 0.15) is 6.04 Å². The first-order valence-corrected chi connectivity index (χ1v) is 15.2. The lowest BCUT2D eigenvalue weighted by atomic mass is 9.72. The van der Waals surface area contributed by atoms with Gasteiger partial charge in [0.05, 0.1) is 19.3 Å². The number of hydrogen-bond acceptors (Lipinski definition) is 6. The fourth-order valence-corrected chi connectivity index (χ4v) is 6.95. The number of methoxy groups -OCH3 is 2. The van der Waals surface area contributed by atoms with Gasteiger partial charge in [0.15, 0.2) is 0 Å². The van der Waals surface area contributed by atoms with Crippen LogP contribution in [0, 0.1) is 17.3 Å². The van der Waals surface area contributed by atoms with E-state index in [4.69, 9.17) is 14.5 Å². The van der Waals surface area contributed by atoms with E-state index >= 15 is 0 Å². The van der Waals surface area contributed by atoms with Gasteiger partial charge in [0, 0.05) is 48.2 Å². The van der Waals surface area contributed by atoms with Crippen LogP contribution >= 0.6 is 0 Å². The first-order valence-electron chi connectivity index (χ1n) is 15.2. The van der Waals surface area contributed by atoms with E-state index in [9.17, 15) is 14.7 Å². The minimum atomic E-state index is -0.980. The van der Waals surface area contributed by atoms with E-state index in [1.807, 2.05) is 42.5 Å². The SMILES string of the molecule is COc1nc(C(C)(C)C)ccc1CN[C@H]1[C@H](C(C)(C)C)[C@@H](C(=O)O)N(C(=O)[C@@H]2CCC[C@H](OC)C2)[C@H]1c1ccccc1. The second-order valence-corrected chi connectivity index (χ2v) is 14.0. The molecule has 6 atom stereocenters. The number of benzene rings is 1. The molecule has 1 amide bonds. The van der Waals surface area contributed by atoms with Crippen molar-refractivity contribution in [3.63, 3.8) is 0 Å². The molecule has 1 aliphatic carbocycles. The van der Waals surface area contributed by atoms with Crippen molar-refractivity contribution < 1.29 is 24.2 Å². The fourth-order valence-electron chi connectivity index (χ4n) is 6.95. The average molecular weight is 580 g/mol. The van der Waals surface area contributed by atoms with Gasteiger partial charge in [-0.2, -0.15) is 0 Å². The van der Waals surface area contributed by atoms with Gasteiger partial charge >= 0.3 is 5.97 Å². The molecule has 42 heavy (non-hydrogen) atoms. The molecule has 1 aliphatic heterocycles. The van der Waals surface area contributed by atoms with Crippen LogP contribution in [0.5, 0.6) is 5.88 Å². The summed E-state index contributed by atoms with van der Waals surface area (Å²) in [5, 5.41) is 14.5. The first kappa shape index (κ1) is 32.0. The van der Waals surface area contributed by atoms with E-state index in [0.29, 0.717) is 18.8 Å². The predicted octanol–water partition coefficient (Wildman–Crippen LogP) is 5.75. The minimum absolute atomic E-state index is 0.0112. The standard InChI is InChI=1S/C34H49N3O5/c1-33(2,3)25-18-17-23(30(36-25)42-8)20-35-27-26(34(4,5)6)29(32(39)40)37(28(27)21-13-10-9-11-14-21)31(38)22-15-12-16-24(19-22)41-7/h9-11,13-14,17-18,22,24,26-29,35H,12,15-16,19-20H2,1-8H3,(H,39,40)/t22-,24+,26+,27+,28+,29+/m1/s1. The molecule has 1 aromatic heterocycles. The number of carboxylic acid groups (broad SMARTS) is 1. The highest BCUT2D eigenvalue weighted by atomic mass is 16.5. The molecule has 4 rings (SSSR count). The summed E-state index contributed by atoms with van der Waals surface area (Å²) in [6.07, 6.45) is 3.17. The third-order valence-corrected chi connectivity index (χ3v) is 9.05. The Bertz CT molecular complexity index is 1240. The van der Waals surface area contributed by atoms with E-state index in [-0.39, 0.29) is 35.3 Å². The van der Waals surface area contributed by atoms with Crippen molar-refractivity contribution in [2.75, 3.05) is 14.2 Å². The highest BCUT2D eigenvalue weighted by Crippen LogP contribution is 2.49.